The van der Waals surface area contributed by atoms with E-state index >= 15 is 0 Å². The van der Waals surface area contributed by atoms with Crippen LogP contribution in [0.15, 0.2) is 18.2 Å². The van der Waals surface area contributed by atoms with E-state index in [2.05, 4.69) is 5.32 Å². The van der Waals surface area contributed by atoms with Crippen molar-refractivity contribution in [1.82, 2.24) is 0 Å². The third kappa shape index (κ3) is 2.10. The molecule has 0 radical (unpaired) electrons. The molecular formula is C12H15NO3. The van der Waals surface area contributed by atoms with Crippen LogP contribution in [0, 0.1) is 5.92 Å². The fourth-order valence-electron chi connectivity index (χ4n) is 2.00. The number of benzene rings is 1. The van der Waals surface area contributed by atoms with Gasteiger partial charge in [-0.15, -0.1) is 0 Å². The van der Waals surface area contributed by atoms with Crippen LogP contribution in [0.3, 0.4) is 0 Å². The second-order valence-corrected chi connectivity index (χ2v) is 3.98. The Labute approximate surface area is 94.2 Å². The van der Waals surface area contributed by atoms with Gasteiger partial charge in [-0.1, -0.05) is 0 Å². The summed E-state index contributed by atoms with van der Waals surface area (Å²) in [7, 11) is 1.61. The fourth-order valence-corrected chi connectivity index (χ4v) is 2.00. The zero-order valence-electron chi connectivity index (χ0n) is 9.19. The normalized spacial score (nSPS) is 19.2. The highest BCUT2D eigenvalue weighted by atomic mass is 16.5. The van der Waals surface area contributed by atoms with E-state index < -0.39 is 5.97 Å². The number of nitrogens with one attached hydrogen (secondary N) is 1. The molecule has 0 aliphatic carbocycles. The lowest BCUT2D eigenvalue weighted by molar-refractivity contribution is -0.141. The summed E-state index contributed by atoms with van der Waals surface area (Å²) in [6.07, 6.45) is 1.22. The average molecular weight is 221 g/mol. The van der Waals surface area contributed by atoms with Crippen LogP contribution in [-0.4, -0.2) is 24.7 Å². The van der Waals surface area contributed by atoms with E-state index in [1.807, 2.05) is 18.2 Å². The molecule has 1 atom stereocenters. The van der Waals surface area contributed by atoms with Crippen LogP contribution >= 0.6 is 0 Å². The fraction of sp³-hybridized carbons (Fsp3) is 0.417. The first-order valence-electron chi connectivity index (χ1n) is 5.34. The zero-order valence-corrected chi connectivity index (χ0v) is 9.19. The highest BCUT2D eigenvalue weighted by Crippen LogP contribution is 2.28. The molecule has 1 aliphatic rings. The van der Waals surface area contributed by atoms with E-state index in [1.54, 1.807) is 7.11 Å². The molecule has 4 heteroatoms. The quantitative estimate of drug-likeness (QED) is 0.798. The minimum absolute atomic E-state index is 0.305. The van der Waals surface area contributed by atoms with Gasteiger partial charge in [-0.05, 0) is 36.6 Å². The summed E-state index contributed by atoms with van der Waals surface area (Å²) in [6.45, 7) is 0.705. The monoisotopic (exact) mass is 221 g/mol. The van der Waals surface area contributed by atoms with Gasteiger partial charge in [0.05, 0.1) is 13.0 Å². The van der Waals surface area contributed by atoms with Gasteiger partial charge in [0.2, 0.25) is 0 Å². The third-order valence-electron chi connectivity index (χ3n) is 2.94. The van der Waals surface area contributed by atoms with Gasteiger partial charge in [-0.2, -0.15) is 0 Å². The standard InChI is InChI=1S/C12H15NO3/c1-16-10-2-3-11-9(7-10)6-8(12(14)15)4-5-13-11/h2-3,7-8,13H,4-6H2,1H3,(H,14,15). The highest BCUT2D eigenvalue weighted by Gasteiger charge is 2.22. The topological polar surface area (TPSA) is 58.6 Å². The summed E-state index contributed by atoms with van der Waals surface area (Å²) in [5.41, 5.74) is 2.04. The van der Waals surface area contributed by atoms with Crippen molar-refractivity contribution in [3.63, 3.8) is 0 Å². The van der Waals surface area contributed by atoms with Gasteiger partial charge < -0.3 is 15.2 Å². The molecule has 0 spiro atoms. The summed E-state index contributed by atoms with van der Waals surface area (Å²) < 4.78 is 5.14. The first-order valence-corrected chi connectivity index (χ1v) is 5.34. The molecule has 0 bridgehead atoms. The lowest BCUT2D eigenvalue weighted by atomic mass is 9.97. The molecule has 1 aromatic rings. The van der Waals surface area contributed by atoms with Gasteiger partial charge in [-0.25, -0.2) is 0 Å². The van der Waals surface area contributed by atoms with Crippen molar-refractivity contribution in [2.45, 2.75) is 12.8 Å². The lowest BCUT2D eigenvalue weighted by Gasteiger charge is -2.10. The van der Waals surface area contributed by atoms with Gasteiger partial charge >= 0.3 is 5.97 Å². The summed E-state index contributed by atoms with van der Waals surface area (Å²) in [4.78, 5) is 11.0. The van der Waals surface area contributed by atoms with Gasteiger partial charge in [-0.3, -0.25) is 4.79 Å². The molecule has 16 heavy (non-hydrogen) atoms. The Morgan fingerprint density at radius 2 is 2.38 bits per heavy atom. The molecule has 0 aromatic heterocycles. The number of carboxylic acids is 1. The molecule has 0 saturated heterocycles. The Hall–Kier alpha value is -1.71. The Morgan fingerprint density at radius 3 is 3.06 bits per heavy atom. The van der Waals surface area contributed by atoms with Crippen LogP contribution in [-0.2, 0) is 11.2 Å². The SMILES string of the molecule is COc1ccc2c(c1)CC(C(=O)O)CCN2. The predicted molar refractivity (Wildman–Crippen MR) is 60.9 cm³/mol. The summed E-state index contributed by atoms with van der Waals surface area (Å²) in [5, 5.41) is 12.3. The second-order valence-electron chi connectivity index (χ2n) is 3.98. The molecule has 0 saturated carbocycles. The van der Waals surface area contributed by atoms with Crippen LogP contribution in [0.4, 0.5) is 5.69 Å². The van der Waals surface area contributed by atoms with Crippen LogP contribution < -0.4 is 10.1 Å². The Bertz CT molecular complexity index is 403. The van der Waals surface area contributed by atoms with Crippen molar-refractivity contribution in [2.24, 2.45) is 5.92 Å². The second kappa shape index (κ2) is 4.43. The molecule has 1 aliphatic heterocycles. The zero-order chi connectivity index (χ0) is 11.5. The number of hydrogen-bond acceptors (Lipinski definition) is 3. The Balaban J connectivity index is 2.30. The minimum Gasteiger partial charge on any atom is -0.497 e. The van der Waals surface area contributed by atoms with Crippen LogP contribution in [0.5, 0.6) is 5.75 Å². The van der Waals surface area contributed by atoms with E-state index in [1.165, 1.54) is 0 Å². The van der Waals surface area contributed by atoms with Crippen LogP contribution in [0.2, 0.25) is 0 Å². The Morgan fingerprint density at radius 1 is 1.56 bits per heavy atom. The number of methoxy groups -OCH3 is 1. The van der Waals surface area contributed by atoms with Crippen molar-refractivity contribution < 1.29 is 14.6 Å². The number of rotatable bonds is 2. The lowest BCUT2D eigenvalue weighted by Crippen LogP contribution is -2.16. The maximum Gasteiger partial charge on any atom is 0.306 e. The van der Waals surface area contributed by atoms with Gasteiger partial charge in [0.25, 0.3) is 0 Å². The van der Waals surface area contributed by atoms with Crippen molar-refractivity contribution in [3.05, 3.63) is 23.8 Å². The van der Waals surface area contributed by atoms with Crippen molar-refractivity contribution in [2.75, 3.05) is 19.0 Å². The number of anilines is 1. The number of hydrogen-bond donors (Lipinski definition) is 2. The smallest absolute Gasteiger partial charge is 0.306 e. The minimum atomic E-state index is -0.725. The maximum absolute atomic E-state index is 11.0. The van der Waals surface area contributed by atoms with Crippen molar-refractivity contribution in [1.29, 1.82) is 0 Å². The molecule has 1 aromatic carbocycles. The number of fused-ring (bicyclic) bond motifs is 1. The van der Waals surface area contributed by atoms with Crippen molar-refractivity contribution in [3.8, 4) is 5.75 Å². The summed E-state index contributed by atoms with van der Waals surface area (Å²) in [5.74, 6) is -0.259. The van der Waals surface area contributed by atoms with Crippen LogP contribution in [0.25, 0.3) is 0 Å². The number of aliphatic carboxylic acids is 1. The molecule has 0 fully saturated rings. The summed E-state index contributed by atoms with van der Waals surface area (Å²) >= 11 is 0. The largest absolute Gasteiger partial charge is 0.497 e. The van der Waals surface area contributed by atoms with E-state index in [0.717, 1.165) is 17.0 Å². The van der Waals surface area contributed by atoms with E-state index in [-0.39, 0.29) is 5.92 Å². The molecule has 2 N–H and O–H groups in total. The maximum atomic E-state index is 11.0. The molecule has 4 nitrogen and oxygen atoms in total. The molecule has 1 heterocycles. The number of carboxylic acid groups (broad SMARTS) is 1. The number of carbonyl (C=O) groups is 1. The molecular weight excluding hydrogens is 206 g/mol. The van der Waals surface area contributed by atoms with E-state index in [0.29, 0.717) is 19.4 Å². The van der Waals surface area contributed by atoms with Gasteiger partial charge in [0, 0.05) is 12.2 Å². The molecule has 2 rings (SSSR count). The van der Waals surface area contributed by atoms with E-state index in [9.17, 15) is 4.79 Å². The van der Waals surface area contributed by atoms with E-state index in [4.69, 9.17) is 9.84 Å². The molecule has 86 valence electrons. The van der Waals surface area contributed by atoms with Gasteiger partial charge in [0.15, 0.2) is 0 Å². The van der Waals surface area contributed by atoms with Gasteiger partial charge in [0.1, 0.15) is 5.75 Å². The third-order valence-corrected chi connectivity index (χ3v) is 2.94. The van der Waals surface area contributed by atoms with Crippen molar-refractivity contribution >= 4 is 11.7 Å². The average Bonchev–Trinajstić information content (AvgIpc) is 2.49. The number of ether oxygens (including phenoxy) is 1. The molecule has 0 amide bonds. The summed E-state index contributed by atoms with van der Waals surface area (Å²) in [6, 6.07) is 5.73. The predicted octanol–water partition coefficient (Wildman–Crippen LogP) is 1.75. The molecule has 1 unspecified atom stereocenters. The van der Waals surface area contributed by atoms with Crippen LogP contribution in [0.1, 0.15) is 12.0 Å². The first kappa shape index (κ1) is 10.8. The Kier molecular flexibility index (Phi) is 2.99. The highest BCUT2D eigenvalue weighted by molar-refractivity contribution is 5.71. The first-order chi connectivity index (χ1) is 7.70.